The van der Waals surface area contributed by atoms with E-state index in [4.69, 9.17) is 28.9 Å². The summed E-state index contributed by atoms with van der Waals surface area (Å²) in [5.41, 5.74) is 6.26. The molecule has 0 saturated carbocycles. The van der Waals surface area contributed by atoms with Gasteiger partial charge in [0.25, 0.3) is 5.99 Å². The van der Waals surface area contributed by atoms with Crippen LogP contribution in [0.3, 0.4) is 0 Å². The summed E-state index contributed by atoms with van der Waals surface area (Å²) >= 11 is 12.9. The van der Waals surface area contributed by atoms with Crippen LogP contribution in [0.4, 0.5) is 8.78 Å². The van der Waals surface area contributed by atoms with Crippen LogP contribution in [0.5, 0.6) is 0 Å². The largest absolute Gasteiger partial charge is 0.330 e. The van der Waals surface area contributed by atoms with Crippen molar-refractivity contribution in [2.45, 2.75) is 0 Å². The molecule has 21 heavy (non-hydrogen) atoms. The lowest BCUT2D eigenvalue weighted by Crippen LogP contribution is -2.43. The second-order valence-electron chi connectivity index (χ2n) is 4.37. The quantitative estimate of drug-likeness (QED) is 0.843. The van der Waals surface area contributed by atoms with Gasteiger partial charge in [-0.1, -0.05) is 35.3 Å². The van der Waals surface area contributed by atoms with Crippen molar-refractivity contribution in [3.8, 4) is 0 Å². The Labute approximate surface area is 136 Å². The molecule has 0 aliphatic rings. The van der Waals surface area contributed by atoms with Crippen LogP contribution in [-0.4, -0.2) is 18.3 Å². The van der Waals surface area contributed by atoms with Crippen LogP contribution in [0, 0.1) is 11.6 Å². The Morgan fingerprint density at radius 1 is 0.952 bits per heavy atom. The van der Waals surface area contributed by atoms with Crippen molar-refractivity contribution in [2.24, 2.45) is 5.73 Å². The number of halogens is 4. The maximum atomic E-state index is 14.1. The zero-order valence-corrected chi connectivity index (χ0v) is 13.3. The summed E-state index contributed by atoms with van der Waals surface area (Å²) in [5.74, 6) is -0.852. The van der Waals surface area contributed by atoms with Gasteiger partial charge < -0.3 is 5.73 Å². The molecule has 0 bridgehead atoms. The Morgan fingerprint density at radius 3 is 1.81 bits per heavy atom. The highest BCUT2D eigenvalue weighted by Gasteiger charge is 2.26. The van der Waals surface area contributed by atoms with E-state index in [0.717, 1.165) is 0 Å². The van der Waals surface area contributed by atoms with E-state index in [1.54, 1.807) is 24.3 Å². The fraction of sp³-hybridized carbons (Fsp3) is 0.143. The molecule has 0 atom stereocenters. The topological polar surface area (TPSA) is 26.0 Å². The third-order valence-electron chi connectivity index (χ3n) is 2.89. The molecule has 0 heterocycles. The predicted octanol–water partition coefficient (Wildman–Crippen LogP) is 3.07. The minimum Gasteiger partial charge on any atom is -0.330 e. The second-order valence-corrected chi connectivity index (χ2v) is 6.46. The van der Waals surface area contributed by atoms with Crippen molar-refractivity contribution in [2.75, 3.05) is 12.3 Å². The number of hydrogen-bond donors (Lipinski definition) is 1. The number of hydrogen-bond acceptors (Lipinski definition) is 2. The predicted molar refractivity (Wildman–Crippen MR) is 89.4 cm³/mol. The van der Waals surface area contributed by atoms with E-state index in [-0.39, 0.29) is 0 Å². The average Bonchev–Trinajstić information content (AvgIpc) is 2.42. The summed E-state index contributed by atoms with van der Waals surface area (Å²) in [5, 5.41) is 0.603. The van der Waals surface area contributed by atoms with Gasteiger partial charge in [-0.25, -0.2) is 8.78 Å². The van der Waals surface area contributed by atoms with Crippen LogP contribution in [0.15, 0.2) is 36.4 Å². The fourth-order valence-corrected chi connectivity index (χ4v) is 3.39. The second kappa shape index (κ2) is 7.50. The molecule has 0 fully saturated rings. The molecule has 0 saturated heterocycles. The van der Waals surface area contributed by atoms with Gasteiger partial charge in [0.15, 0.2) is 0 Å². The Morgan fingerprint density at radius 2 is 1.43 bits per heavy atom. The molecule has 0 unspecified atom stereocenters. The maximum Gasteiger partial charge on any atom is 0.280 e. The summed E-state index contributed by atoms with van der Waals surface area (Å²) in [7, 11) is 0. The Hall–Kier alpha value is -0.745. The Kier molecular flexibility index (Phi) is 5.93. The van der Waals surface area contributed by atoms with Gasteiger partial charge >= 0.3 is 0 Å². The molecule has 2 rings (SSSR count). The van der Waals surface area contributed by atoms with Crippen LogP contribution < -0.4 is 16.7 Å². The van der Waals surface area contributed by atoms with E-state index >= 15 is 0 Å². The summed E-state index contributed by atoms with van der Waals surface area (Å²) < 4.78 is 28.3. The van der Waals surface area contributed by atoms with Crippen molar-refractivity contribution < 1.29 is 8.78 Å². The van der Waals surface area contributed by atoms with Crippen molar-refractivity contribution in [3.63, 3.8) is 0 Å². The van der Waals surface area contributed by atoms with Crippen LogP contribution in [0.25, 0.3) is 0 Å². The molecule has 2 aromatic rings. The van der Waals surface area contributed by atoms with Crippen LogP contribution >= 0.6 is 34.8 Å². The average molecular weight is 346 g/mol. The smallest absolute Gasteiger partial charge is 0.280 e. The van der Waals surface area contributed by atoms with Gasteiger partial charge in [-0.15, -0.1) is 0 Å². The molecule has 110 valence electrons. The van der Waals surface area contributed by atoms with E-state index in [2.05, 4.69) is 0 Å². The first-order valence-corrected chi connectivity index (χ1v) is 8.05. The van der Waals surface area contributed by atoms with Crippen molar-refractivity contribution in [1.82, 2.24) is 0 Å². The number of rotatable bonds is 5. The maximum absolute atomic E-state index is 14.1. The van der Waals surface area contributed by atoms with E-state index in [9.17, 15) is 8.78 Å². The van der Waals surface area contributed by atoms with Gasteiger partial charge in [0, 0.05) is 16.6 Å². The zero-order valence-electron chi connectivity index (χ0n) is 11.0. The first-order valence-electron chi connectivity index (χ1n) is 6.24. The van der Waals surface area contributed by atoms with Gasteiger partial charge in [-0.05, 0) is 40.9 Å². The molecule has 0 amide bonds. The van der Waals surface area contributed by atoms with Crippen molar-refractivity contribution >= 4 is 51.7 Å². The van der Waals surface area contributed by atoms with Gasteiger partial charge in [0.1, 0.15) is 11.6 Å². The molecule has 0 aliphatic heterocycles. The molecule has 0 aromatic heterocycles. The highest BCUT2D eigenvalue weighted by molar-refractivity contribution is 8.28. The van der Waals surface area contributed by atoms with Crippen molar-refractivity contribution in [3.05, 3.63) is 58.1 Å². The summed E-state index contributed by atoms with van der Waals surface area (Å²) in [6.07, 6.45) is 0. The molecule has 2 N–H and O–H groups in total. The minimum atomic E-state index is -0.497. The van der Waals surface area contributed by atoms with Gasteiger partial charge in [0.05, 0.1) is 0 Å². The van der Waals surface area contributed by atoms with Gasteiger partial charge in [-0.2, -0.15) is 11.6 Å². The Bertz CT molecular complexity index is 591. The monoisotopic (exact) mass is 345 g/mol. The first kappa shape index (κ1) is 16.6. The zero-order chi connectivity index (χ0) is 15.4. The lowest BCUT2D eigenvalue weighted by molar-refractivity contribution is 0.633. The fourth-order valence-electron chi connectivity index (χ4n) is 1.96. The molecular formula is C14H12BCl2F2NS. The molecular weight excluding hydrogens is 334 g/mol. The standard InChI is InChI=1S/C14H12BCl2F2NS/c16-9-1-3-11(13(18)7-9)15(21-6-5-20)12-4-2-10(17)8-14(12)19/h1-4,7-8H,5-6,20H2. The summed E-state index contributed by atoms with van der Waals surface area (Å²) in [6, 6.07) is 8.76. The summed E-state index contributed by atoms with van der Waals surface area (Å²) in [4.78, 5) is 0. The van der Waals surface area contributed by atoms with E-state index in [0.29, 0.717) is 33.3 Å². The molecule has 2 aromatic carbocycles. The SMILES string of the molecule is NCCSB(c1ccc(Cl)cc1F)c1ccc(Cl)cc1F. The number of benzene rings is 2. The third-order valence-corrected chi connectivity index (χ3v) is 4.68. The lowest BCUT2D eigenvalue weighted by Gasteiger charge is -2.16. The number of nitrogens with two attached hydrogens (primary N) is 1. The third kappa shape index (κ3) is 4.13. The highest BCUT2D eigenvalue weighted by Crippen LogP contribution is 2.16. The molecule has 1 nitrogen and oxygen atoms in total. The van der Waals surface area contributed by atoms with E-state index in [1.165, 1.54) is 23.7 Å². The van der Waals surface area contributed by atoms with Crippen LogP contribution in [-0.2, 0) is 0 Å². The minimum absolute atomic E-state index is 0.301. The van der Waals surface area contributed by atoms with E-state index < -0.39 is 17.6 Å². The lowest BCUT2D eigenvalue weighted by atomic mass is 9.61. The van der Waals surface area contributed by atoms with Crippen LogP contribution in [0.1, 0.15) is 0 Å². The molecule has 0 spiro atoms. The Balaban J connectivity index is 2.46. The molecule has 0 aliphatic carbocycles. The molecule has 0 radical (unpaired) electrons. The van der Waals surface area contributed by atoms with Crippen LogP contribution in [0.2, 0.25) is 10.0 Å². The van der Waals surface area contributed by atoms with Crippen molar-refractivity contribution in [1.29, 1.82) is 0 Å². The molecule has 7 heteroatoms. The first-order chi connectivity index (χ1) is 10.0. The normalized spacial score (nSPS) is 10.7. The van der Waals surface area contributed by atoms with Gasteiger partial charge in [-0.3, -0.25) is 0 Å². The van der Waals surface area contributed by atoms with Gasteiger partial charge in [0.2, 0.25) is 0 Å². The summed E-state index contributed by atoms with van der Waals surface area (Å²) in [6.45, 7) is 0.422. The highest BCUT2D eigenvalue weighted by atomic mass is 35.5. The van der Waals surface area contributed by atoms with E-state index in [1.807, 2.05) is 0 Å².